The molecule has 0 atom stereocenters. The topological polar surface area (TPSA) is 66.0 Å². The lowest BCUT2D eigenvalue weighted by Crippen LogP contribution is -2.54. The molecular formula is C13H17N3O3. The minimum atomic E-state index is -0.648. The van der Waals surface area contributed by atoms with Gasteiger partial charge in [0.15, 0.2) is 0 Å². The van der Waals surface area contributed by atoms with Crippen molar-refractivity contribution in [2.75, 3.05) is 0 Å². The molecule has 102 valence electrons. The summed E-state index contributed by atoms with van der Waals surface area (Å²) in [5, 5.41) is 0. The number of aromatic nitrogens is 3. The third-order valence-corrected chi connectivity index (χ3v) is 2.57. The van der Waals surface area contributed by atoms with Crippen LogP contribution >= 0.6 is 0 Å². The van der Waals surface area contributed by atoms with E-state index in [0.29, 0.717) is 6.42 Å². The van der Waals surface area contributed by atoms with Crippen molar-refractivity contribution in [2.45, 2.75) is 26.1 Å². The van der Waals surface area contributed by atoms with Crippen LogP contribution in [0, 0.1) is 0 Å². The summed E-state index contributed by atoms with van der Waals surface area (Å²) >= 11 is 0. The van der Waals surface area contributed by atoms with Crippen molar-refractivity contribution in [1.29, 1.82) is 0 Å². The largest absolute Gasteiger partial charge is 0.336 e. The van der Waals surface area contributed by atoms with E-state index in [2.05, 4.69) is 19.7 Å². The molecule has 0 saturated heterocycles. The molecule has 0 unspecified atom stereocenters. The van der Waals surface area contributed by atoms with Crippen molar-refractivity contribution < 1.29 is 0 Å². The first-order valence-electron chi connectivity index (χ1n) is 5.85. The van der Waals surface area contributed by atoms with Gasteiger partial charge in [0.25, 0.3) is 0 Å². The third-order valence-electron chi connectivity index (χ3n) is 2.57. The van der Waals surface area contributed by atoms with Crippen molar-refractivity contribution in [3.8, 4) is 0 Å². The molecule has 6 nitrogen and oxygen atoms in total. The van der Waals surface area contributed by atoms with E-state index >= 15 is 0 Å². The first-order valence-corrected chi connectivity index (χ1v) is 5.85. The Kier molecular flexibility index (Phi) is 5.05. The van der Waals surface area contributed by atoms with Gasteiger partial charge in [0.2, 0.25) is 0 Å². The molecule has 0 radical (unpaired) electrons. The summed E-state index contributed by atoms with van der Waals surface area (Å²) < 4.78 is 2.97. The molecule has 0 N–H and O–H groups in total. The van der Waals surface area contributed by atoms with Crippen LogP contribution in [0.3, 0.4) is 0 Å². The molecule has 6 heteroatoms. The number of allylic oxidation sites excluding steroid dienone is 3. The molecule has 0 aromatic carbocycles. The molecule has 0 fully saturated rings. The fraction of sp³-hybridized carbons (Fsp3) is 0.308. The Bertz CT molecular complexity index is 613. The Morgan fingerprint density at radius 1 is 0.737 bits per heavy atom. The standard InChI is InChI=1S/C13H17N3O3/c1-4-7-10-16-12(18)14(8-5-2)11(17)15(9-6-3)13(16)19/h4-6H,1-3,7-10H2. The second-order valence-electron chi connectivity index (χ2n) is 3.88. The third kappa shape index (κ3) is 2.90. The highest BCUT2D eigenvalue weighted by Gasteiger charge is 2.13. The van der Waals surface area contributed by atoms with Gasteiger partial charge in [0.1, 0.15) is 0 Å². The SMILES string of the molecule is C=CCCn1c(=O)n(CC=C)c(=O)n(CC=C)c1=O. The number of hydrogen-bond acceptors (Lipinski definition) is 3. The smallest absolute Gasteiger partial charge is 0.247 e. The lowest BCUT2D eigenvalue weighted by atomic mass is 10.4. The summed E-state index contributed by atoms with van der Waals surface area (Å²) in [6.45, 7) is 10.8. The Morgan fingerprint density at radius 3 is 1.53 bits per heavy atom. The first-order chi connectivity index (χ1) is 9.08. The summed E-state index contributed by atoms with van der Waals surface area (Å²) in [5.41, 5.74) is -1.90. The molecule has 0 amide bonds. The van der Waals surface area contributed by atoms with Crippen LogP contribution in [0.1, 0.15) is 6.42 Å². The number of nitrogens with zero attached hydrogens (tertiary/aromatic N) is 3. The second kappa shape index (κ2) is 6.53. The zero-order valence-corrected chi connectivity index (χ0v) is 10.7. The maximum atomic E-state index is 12.1. The lowest BCUT2D eigenvalue weighted by Gasteiger charge is -2.11. The van der Waals surface area contributed by atoms with E-state index < -0.39 is 17.1 Å². The van der Waals surface area contributed by atoms with Crippen LogP contribution in [0.5, 0.6) is 0 Å². The highest BCUT2D eigenvalue weighted by Crippen LogP contribution is 1.84. The average Bonchev–Trinajstić information content (AvgIpc) is 2.40. The van der Waals surface area contributed by atoms with E-state index in [-0.39, 0.29) is 19.6 Å². The zero-order chi connectivity index (χ0) is 14.4. The summed E-state index contributed by atoms with van der Waals surface area (Å²) in [6, 6.07) is 0. The van der Waals surface area contributed by atoms with Crippen LogP contribution < -0.4 is 17.1 Å². The predicted molar refractivity (Wildman–Crippen MR) is 74.4 cm³/mol. The molecule has 1 aromatic heterocycles. The van der Waals surface area contributed by atoms with Gasteiger partial charge in [0, 0.05) is 6.54 Å². The summed E-state index contributed by atoms with van der Waals surface area (Å²) in [4.78, 5) is 36.1. The lowest BCUT2D eigenvalue weighted by molar-refractivity contribution is 0.481. The molecule has 0 aliphatic heterocycles. The summed E-state index contributed by atoms with van der Waals surface area (Å²) in [7, 11) is 0. The van der Waals surface area contributed by atoms with E-state index in [9.17, 15) is 14.4 Å². The molecular weight excluding hydrogens is 246 g/mol. The van der Waals surface area contributed by atoms with Crippen LogP contribution in [0.15, 0.2) is 52.3 Å². The molecule has 0 aliphatic rings. The Labute approximate surface area is 110 Å². The van der Waals surface area contributed by atoms with E-state index in [1.54, 1.807) is 6.08 Å². The minimum absolute atomic E-state index is 0.0587. The van der Waals surface area contributed by atoms with Crippen LogP contribution in [-0.2, 0) is 19.6 Å². The van der Waals surface area contributed by atoms with Crippen LogP contribution in [0.4, 0.5) is 0 Å². The zero-order valence-electron chi connectivity index (χ0n) is 10.7. The van der Waals surface area contributed by atoms with E-state index in [1.807, 2.05) is 0 Å². The Morgan fingerprint density at radius 2 is 1.16 bits per heavy atom. The van der Waals surface area contributed by atoms with Crippen molar-refractivity contribution in [3.05, 3.63) is 69.4 Å². The molecule has 0 bridgehead atoms. The van der Waals surface area contributed by atoms with Gasteiger partial charge in [-0.25, -0.2) is 28.1 Å². The van der Waals surface area contributed by atoms with E-state index in [4.69, 9.17) is 0 Å². The first kappa shape index (κ1) is 14.7. The maximum Gasteiger partial charge on any atom is 0.336 e. The molecule has 0 saturated carbocycles. The quantitative estimate of drug-likeness (QED) is 0.656. The van der Waals surface area contributed by atoms with Gasteiger partial charge >= 0.3 is 17.1 Å². The fourth-order valence-electron chi connectivity index (χ4n) is 1.66. The number of hydrogen-bond donors (Lipinski definition) is 0. The highest BCUT2D eigenvalue weighted by molar-refractivity contribution is 4.85. The van der Waals surface area contributed by atoms with E-state index in [1.165, 1.54) is 12.2 Å². The van der Waals surface area contributed by atoms with Crippen LogP contribution in [0.25, 0.3) is 0 Å². The molecule has 0 aliphatic carbocycles. The summed E-state index contributed by atoms with van der Waals surface area (Å²) in [6.07, 6.45) is 4.94. The molecule has 19 heavy (non-hydrogen) atoms. The van der Waals surface area contributed by atoms with Gasteiger partial charge in [-0.15, -0.1) is 19.7 Å². The highest BCUT2D eigenvalue weighted by atomic mass is 16.2. The molecule has 0 spiro atoms. The average molecular weight is 263 g/mol. The van der Waals surface area contributed by atoms with Crippen molar-refractivity contribution in [1.82, 2.24) is 13.7 Å². The van der Waals surface area contributed by atoms with Gasteiger partial charge in [-0.3, -0.25) is 0 Å². The normalized spacial score (nSPS) is 10.1. The second-order valence-corrected chi connectivity index (χ2v) is 3.88. The monoisotopic (exact) mass is 263 g/mol. The minimum Gasteiger partial charge on any atom is -0.247 e. The van der Waals surface area contributed by atoms with Gasteiger partial charge in [-0.1, -0.05) is 18.2 Å². The number of rotatable bonds is 7. The van der Waals surface area contributed by atoms with E-state index in [0.717, 1.165) is 13.7 Å². The fourth-order valence-corrected chi connectivity index (χ4v) is 1.66. The van der Waals surface area contributed by atoms with Crippen molar-refractivity contribution in [2.24, 2.45) is 0 Å². The van der Waals surface area contributed by atoms with Crippen LogP contribution in [0.2, 0.25) is 0 Å². The molecule has 1 aromatic rings. The Hall–Kier alpha value is -2.37. The van der Waals surface area contributed by atoms with Crippen LogP contribution in [-0.4, -0.2) is 13.7 Å². The van der Waals surface area contributed by atoms with Gasteiger partial charge in [-0.05, 0) is 6.42 Å². The van der Waals surface area contributed by atoms with Crippen molar-refractivity contribution in [3.63, 3.8) is 0 Å². The Balaban J connectivity index is 3.63. The van der Waals surface area contributed by atoms with Gasteiger partial charge in [-0.2, -0.15) is 0 Å². The molecule has 1 rings (SSSR count). The van der Waals surface area contributed by atoms with Gasteiger partial charge in [0.05, 0.1) is 13.1 Å². The maximum absolute atomic E-state index is 12.1. The van der Waals surface area contributed by atoms with Gasteiger partial charge < -0.3 is 0 Å². The predicted octanol–water partition coefficient (Wildman–Crippen LogP) is 0.120. The van der Waals surface area contributed by atoms with Crippen molar-refractivity contribution >= 4 is 0 Å². The molecule has 1 heterocycles. The summed E-state index contributed by atoms with van der Waals surface area (Å²) in [5.74, 6) is 0.